The fourth-order valence-electron chi connectivity index (χ4n) is 3.80. The molecule has 2 aromatic carbocycles. The second-order valence-electron chi connectivity index (χ2n) is 7.53. The van der Waals surface area contributed by atoms with Crippen molar-refractivity contribution in [3.63, 3.8) is 0 Å². The molecule has 0 N–H and O–H groups in total. The molecule has 0 aliphatic carbocycles. The van der Waals surface area contributed by atoms with Gasteiger partial charge in [0.15, 0.2) is 5.65 Å². The third-order valence-electron chi connectivity index (χ3n) is 5.34. The molecule has 0 atom stereocenters. The Hall–Kier alpha value is -3.51. The first kappa shape index (κ1) is 20.8. The van der Waals surface area contributed by atoms with E-state index < -0.39 is 0 Å². The van der Waals surface area contributed by atoms with Gasteiger partial charge in [0.1, 0.15) is 0 Å². The number of aryl methyl sites for hydroxylation is 2. The number of methoxy groups -OCH3 is 1. The third-order valence-corrected chi connectivity index (χ3v) is 5.34. The van der Waals surface area contributed by atoms with Crippen LogP contribution < -0.4 is 0 Å². The van der Waals surface area contributed by atoms with Gasteiger partial charge in [-0.25, -0.2) is 4.98 Å². The lowest BCUT2D eigenvalue weighted by atomic mass is 10.0. The predicted octanol–water partition coefficient (Wildman–Crippen LogP) is 4.23. The van der Waals surface area contributed by atoms with Crippen LogP contribution in [0.2, 0.25) is 0 Å². The lowest BCUT2D eigenvalue weighted by Gasteiger charge is -2.23. The Kier molecular flexibility index (Phi) is 6.09. The van der Waals surface area contributed by atoms with Crippen molar-refractivity contribution in [2.75, 3.05) is 20.3 Å². The Balaban J connectivity index is 1.82. The van der Waals surface area contributed by atoms with Crippen molar-refractivity contribution in [2.24, 2.45) is 7.05 Å². The number of aromatic nitrogens is 3. The first-order valence-corrected chi connectivity index (χ1v) is 10.3. The molecule has 31 heavy (non-hydrogen) atoms. The number of pyridine rings is 1. The summed E-state index contributed by atoms with van der Waals surface area (Å²) >= 11 is 0. The molecule has 2 aromatic heterocycles. The smallest absolute Gasteiger partial charge is 0.255 e. The van der Waals surface area contributed by atoms with Crippen LogP contribution >= 0.6 is 0 Å². The maximum absolute atomic E-state index is 13.8. The summed E-state index contributed by atoms with van der Waals surface area (Å²) in [5, 5.41) is 5.33. The molecule has 0 saturated carbocycles. The molecule has 4 aromatic rings. The fourth-order valence-corrected chi connectivity index (χ4v) is 3.80. The van der Waals surface area contributed by atoms with E-state index in [1.807, 2.05) is 85.6 Å². The van der Waals surface area contributed by atoms with Gasteiger partial charge >= 0.3 is 0 Å². The molecule has 158 valence electrons. The molecule has 0 saturated heterocycles. The number of nitrogens with zero attached hydrogens (tertiary/aromatic N) is 4. The van der Waals surface area contributed by atoms with Crippen molar-refractivity contribution in [3.05, 3.63) is 83.6 Å². The summed E-state index contributed by atoms with van der Waals surface area (Å²) in [7, 11) is 3.51. The Morgan fingerprint density at radius 2 is 1.74 bits per heavy atom. The maximum atomic E-state index is 13.8. The molecular weight excluding hydrogens is 388 g/mol. The van der Waals surface area contributed by atoms with Crippen molar-refractivity contribution in [2.45, 2.75) is 13.5 Å². The van der Waals surface area contributed by atoms with E-state index in [-0.39, 0.29) is 5.91 Å². The Bertz CT molecular complexity index is 1190. The Morgan fingerprint density at radius 3 is 2.42 bits per heavy atom. The summed E-state index contributed by atoms with van der Waals surface area (Å²) in [6.07, 6.45) is 0. The minimum absolute atomic E-state index is 0.0541. The van der Waals surface area contributed by atoms with Crippen LogP contribution in [0.5, 0.6) is 0 Å². The van der Waals surface area contributed by atoms with Gasteiger partial charge in [-0.15, -0.1) is 0 Å². The van der Waals surface area contributed by atoms with Gasteiger partial charge in [-0.1, -0.05) is 60.7 Å². The van der Waals surface area contributed by atoms with E-state index >= 15 is 0 Å². The van der Waals surface area contributed by atoms with E-state index in [1.165, 1.54) is 0 Å². The average Bonchev–Trinajstić information content (AvgIpc) is 3.10. The molecule has 0 spiro atoms. The van der Waals surface area contributed by atoms with E-state index in [4.69, 9.17) is 9.72 Å². The lowest BCUT2D eigenvalue weighted by Crippen LogP contribution is -2.33. The largest absolute Gasteiger partial charge is 0.383 e. The molecule has 0 radical (unpaired) electrons. The highest BCUT2D eigenvalue weighted by Gasteiger charge is 2.23. The monoisotopic (exact) mass is 414 g/mol. The Morgan fingerprint density at radius 1 is 1.06 bits per heavy atom. The van der Waals surface area contributed by atoms with Crippen LogP contribution in [-0.4, -0.2) is 45.8 Å². The van der Waals surface area contributed by atoms with Crippen LogP contribution in [0.4, 0.5) is 0 Å². The molecule has 0 fully saturated rings. The zero-order valence-electron chi connectivity index (χ0n) is 18.1. The number of carbonyl (C=O) groups excluding carboxylic acids is 1. The summed E-state index contributed by atoms with van der Waals surface area (Å²) < 4.78 is 7.02. The van der Waals surface area contributed by atoms with Crippen molar-refractivity contribution < 1.29 is 9.53 Å². The predicted molar refractivity (Wildman–Crippen MR) is 122 cm³/mol. The fraction of sp³-hybridized carbons (Fsp3) is 0.240. The molecule has 0 unspecified atom stereocenters. The normalized spacial score (nSPS) is 11.1. The van der Waals surface area contributed by atoms with Crippen molar-refractivity contribution in [3.8, 4) is 11.3 Å². The second-order valence-corrected chi connectivity index (χ2v) is 7.53. The highest BCUT2D eigenvalue weighted by atomic mass is 16.5. The highest BCUT2D eigenvalue weighted by molar-refractivity contribution is 6.07. The van der Waals surface area contributed by atoms with Gasteiger partial charge in [-0.3, -0.25) is 9.48 Å². The van der Waals surface area contributed by atoms with Crippen LogP contribution in [0, 0.1) is 6.92 Å². The zero-order valence-corrected chi connectivity index (χ0v) is 18.1. The first-order chi connectivity index (χ1) is 15.1. The standard InChI is InChI=1S/C25H26N4O2/c1-18-23-21(25(30)29(14-15-31-3)17-19-10-6-4-7-11-19)16-22(20-12-8-5-9-13-20)26-24(23)28(2)27-18/h4-13,16H,14-15,17H2,1-3H3. The van der Waals surface area contributed by atoms with Crippen LogP contribution in [0.25, 0.3) is 22.3 Å². The van der Waals surface area contributed by atoms with E-state index in [9.17, 15) is 4.79 Å². The van der Waals surface area contributed by atoms with Crippen molar-refractivity contribution in [1.29, 1.82) is 0 Å². The zero-order chi connectivity index (χ0) is 21.8. The number of hydrogen-bond donors (Lipinski definition) is 0. The number of benzene rings is 2. The quantitative estimate of drug-likeness (QED) is 0.454. The molecule has 0 aliphatic rings. The SMILES string of the molecule is COCCN(Cc1ccccc1)C(=O)c1cc(-c2ccccc2)nc2c1c(C)nn2C. The third kappa shape index (κ3) is 4.34. The van der Waals surface area contributed by atoms with Gasteiger partial charge in [-0.2, -0.15) is 5.10 Å². The van der Waals surface area contributed by atoms with E-state index in [1.54, 1.807) is 11.8 Å². The first-order valence-electron chi connectivity index (χ1n) is 10.3. The Labute approximate surface area is 182 Å². The lowest BCUT2D eigenvalue weighted by molar-refractivity contribution is 0.0682. The molecule has 6 nitrogen and oxygen atoms in total. The molecular formula is C25H26N4O2. The van der Waals surface area contributed by atoms with Gasteiger partial charge < -0.3 is 9.64 Å². The molecule has 2 heterocycles. The molecule has 1 amide bonds. The summed E-state index contributed by atoms with van der Waals surface area (Å²) in [5.41, 5.74) is 4.90. The topological polar surface area (TPSA) is 60.2 Å². The molecule has 0 aliphatic heterocycles. The van der Waals surface area contributed by atoms with Crippen LogP contribution in [-0.2, 0) is 18.3 Å². The van der Waals surface area contributed by atoms with E-state index in [2.05, 4.69) is 5.10 Å². The summed E-state index contributed by atoms with van der Waals surface area (Å²) in [5.74, 6) is -0.0541. The van der Waals surface area contributed by atoms with Gasteiger partial charge in [-0.05, 0) is 18.6 Å². The minimum atomic E-state index is -0.0541. The van der Waals surface area contributed by atoms with Gasteiger partial charge in [0.2, 0.25) is 0 Å². The highest BCUT2D eigenvalue weighted by Crippen LogP contribution is 2.28. The van der Waals surface area contributed by atoms with Crippen LogP contribution in [0.1, 0.15) is 21.6 Å². The number of amides is 1. The number of hydrogen-bond acceptors (Lipinski definition) is 4. The van der Waals surface area contributed by atoms with Gasteiger partial charge in [0.25, 0.3) is 5.91 Å². The summed E-state index contributed by atoms with van der Waals surface area (Å²) in [6.45, 7) is 3.38. The van der Waals surface area contributed by atoms with Gasteiger partial charge in [0, 0.05) is 32.8 Å². The summed E-state index contributed by atoms with van der Waals surface area (Å²) in [4.78, 5) is 20.5. The average molecular weight is 415 g/mol. The van der Waals surface area contributed by atoms with E-state index in [0.717, 1.165) is 27.9 Å². The molecule has 0 bridgehead atoms. The van der Waals surface area contributed by atoms with Crippen LogP contribution in [0.3, 0.4) is 0 Å². The number of rotatable bonds is 7. The van der Waals surface area contributed by atoms with Gasteiger partial charge in [0.05, 0.1) is 28.9 Å². The number of fused-ring (bicyclic) bond motifs is 1. The minimum Gasteiger partial charge on any atom is -0.383 e. The number of ether oxygens (including phenoxy) is 1. The van der Waals surface area contributed by atoms with Crippen molar-refractivity contribution >= 4 is 16.9 Å². The van der Waals surface area contributed by atoms with E-state index in [0.29, 0.717) is 30.9 Å². The molecule has 6 heteroatoms. The number of carbonyl (C=O) groups is 1. The van der Waals surface area contributed by atoms with Crippen LogP contribution in [0.15, 0.2) is 66.7 Å². The summed E-state index contributed by atoms with van der Waals surface area (Å²) in [6, 6.07) is 21.8. The maximum Gasteiger partial charge on any atom is 0.255 e. The van der Waals surface area contributed by atoms with Crippen molar-refractivity contribution in [1.82, 2.24) is 19.7 Å². The molecule has 4 rings (SSSR count). The second kappa shape index (κ2) is 9.10.